The predicted octanol–water partition coefficient (Wildman–Crippen LogP) is 1.25. The molecule has 0 unspecified atom stereocenters. The van der Waals surface area contributed by atoms with Crippen LogP contribution in [-0.4, -0.2) is 21.9 Å². The van der Waals surface area contributed by atoms with Crippen LogP contribution in [0.25, 0.3) is 0 Å². The SMILES string of the molecule is CC(C)(O)[C@H]1Oc2ccccc2[C@@H]1O. The topological polar surface area (TPSA) is 49.7 Å². The van der Waals surface area contributed by atoms with Crippen molar-refractivity contribution in [3.8, 4) is 5.75 Å². The van der Waals surface area contributed by atoms with Crippen molar-refractivity contribution in [2.24, 2.45) is 0 Å². The first kappa shape index (κ1) is 9.49. The number of ether oxygens (including phenoxy) is 1. The van der Waals surface area contributed by atoms with E-state index in [-0.39, 0.29) is 0 Å². The van der Waals surface area contributed by atoms with Crippen molar-refractivity contribution in [2.75, 3.05) is 0 Å². The number of fused-ring (bicyclic) bond motifs is 1. The summed E-state index contributed by atoms with van der Waals surface area (Å²) in [6.45, 7) is 3.26. The third-order valence-electron chi connectivity index (χ3n) is 2.47. The van der Waals surface area contributed by atoms with Gasteiger partial charge >= 0.3 is 0 Å². The molecule has 2 atom stereocenters. The van der Waals surface area contributed by atoms with Crippen LogP contribution >= 0.6 is 0 Å². The molecule has 0 radical (unpaired) electrons. The van der Waals surface area contributed by atoms with Crippen LogP contribution in [0.15, 0.2) is 24.3 Å². The second-order valence-corrected chi connectivity index (χ2v) is 4.17. The summed E-state index contributed by atoms with van der Waals surface area (Å²) in [6.07, 6.45) is -1.33. The molecule has 14 heavy (non-hydrogen) atoms. The highest BCUT2D eigenvalue weighted by Gasteiger charge is 2.41. The molecule has 0 amide bonds. The van der Waals surface area contributed by atoms with E-state index < -0.39 is 17.8 Å². The van der Waals surface area contributed by atoms with Crippen molar-refractivity contribution >= 4 is 0 Å². The maximum absolute atomic E-state index is 9.89. The zero-order valence-electron chi connectivity index (χ0n) is 8.27. The van der Waals surface area contributed by atoms with E-state index in [0.717, 1.165) is 5.56 Å². The second-order valence-electron chi connectivity index (χ2n) is 4.17. The fourth-order valence-corrected chi connectivity index (χ4v) is 1.73. The summed E-state index contributed by atoms with van der Waals surface area (Å²) in [6, 6.07) is 7.30. The van der Waals surface area contributed by atoms with Crippen molar-refractivity contribution in [3.05, 3.63) is 29.8 Å². The highest BCUT2D eigenvalue weighted by Crippen LogP contribution is 2.40. The summed E-state index contributed by atoms with van der Waals surface area (Å²) in [4.78, 5) is 0. The van der Waals surface area contributed by atoms with Crippen LogP contribution < -0.4 is 4.74 Å². The molecule has 0 saturated carbocycles. The number of hydrogen-bond donors (Lipinski definition) is 2. The fraction of sp³-hybridized carbons (Fsp3) is 0.455. The normalized spacial score (nSPS) is 25.7. The Labute approximate surface area is 83.0 Å². The van der Waals surface area contributed by atoms with Crippen LogP contribution in [0.2, 0.25) is 0 Å². The van der Waals surface area contributed by atoms with Gasteiger partial charge in [-0.2, -0.15) is 0 Å². The van der Waals surface area contributed by atoms with Crippen LogP contribution in [0.4, 0.5) is 0 Å². The van der Waals surface area contributed by atoms with Crippen LogP contribution in [-0.2, 0) is 0 Å². The van der Waals surface area contributed by atoms with Gasteiger partial charge in [0.05, 0.1) is 5.60 Å². The average Bonchev–Trinajstić information content (AvgIpc) is 2.44. The average molecular weight is 194 g/mol. The Morgan fingerprint density at radius 3 is 2.50 bits per heavy atom. The highest BCUT2D eigenvalue weighted by atomic mass is 16.5. The Hall–Kier alpha value is -1.06. The van der Waals surface area contributed by atoms with E-state index in [4.69, 9.17) is 4.74 Å². The lowest BCUT2D eigenvalue weighted by molar-refractivity contribution is -0.0762. The van der Waals surface area contributed by atoms with E-state index in [2.05, 4.69) is 0 Å². The maximum Gasteiger partial charge on any atom is 0.157 e. The number of hydrogen-bond acceptors (Lipinski definition) is 3. The molecule has 2 rings (SSSR count). The molecule has 1 aliphatic rings. The van der Waals surface area contributed by atoms with Crippen molar-refractivity contribution in [2.45, 2.75) is 31.7 Å². The quantitative estimate of drug-likeness (QED) is 0.707. The Morgan fingerprint density at radius 1 is 1.29 bits per heavy atom. The first-order valence-corrected chi connectivity index (χ1v) is 4.66. The number of aliphatic hydroxyl groups is 2. The monoisotopic (exact) mass is 194 g/mol. The standard InChI is InChI=1S/C11H14O3/c1-11(2,13)10-9(12)7-5-3-4-6-8(7)14-10/h3-6,9-10,12-13H,1-2H3/t9-,10-/m0/s1. The molecule has 0 saturated heterocycles. The van der Waals surface area contributed by atoms with Crippen molar-refractivity contribution in [3.63, 3.8) is 0 Å². The van der Waals surface area contributed by atoms with Gasteiger partial charge < -0.3 is 14.9 Å². The minimum Gasteiger partial charge on any atom is -0.484 e. The summed E-state index contributed by atoms with van der Waals surface area (Å²) < 4.78 is 5.48. The van der Waals surface area contributed by atoms with Gasteiger partial charge in [-0.25, -0.2) is 0 Å². The lowest BCUT2D eigenvalue weighted by Gasteiger charge is -2.27. The summed E-state index contributed by atoms with van der Waals surface area (Å²) in [5.41, 5.74) is -0.294. The highest BCUT2D eigenvalue weighted by molar-refractivity contribution is 5.40. The molecule has 1 aromatic rings. The lowest BCUT2D eigenvalue weighted by Crippen LogP contribution is -2.41. The second kappa shape index (κ2) is 2.97. The summed E-state index contributed by atoms with van der Waals surface area (Å²) in [5.74, 6) is 0.659. The van der Waals surface area contributed by atoms with Gasteiger partial charge in [0.15, 0.2) is 6.10 Å². The lowest BCUT2D eigenvalue weighted by atomic mass is 9.95. The molecule has 1 aromatic carbocycles. The number of benzene rings is 1. The predicted molar refractivity (Wildman–Crippen MR) is 52.1 cm³/mol. The Bertz CT molecular complexity index is 341. The zero-order chi connectivity index (χ0) is 10.3. The van der Waals surface area contributed by atoms with Gasteiger partial charge in [0, 0.05) is 5.56 Å². The molecule has 3 nitrogen and oxygen atoms in total. The van der Waals surface area contributed by atoms with Gasteiger partial charge in [0.2, 0.25) is 0 Å². The van der Waals surface area contributed by atoms with Crippen LogP contribution in [0.5, 0.6) is 5.75 Å². The molecule has 0 fully saturated rings. The van der Waals surface area contributed by atoms with Gasteiger partial charge in [0.25, 0.3) is 0 Å². The van der Waals surface area contributed by atoms with Gasteiger partial charge in [-0.15, -0.1) is 0 Å². The van der Waals surface area contributed by atoms with E-state index in [1.807, 2.05) is 18.2 Å². The van der Waals surface area contributed by atoms with E-state index in [0.29, 0.717) is 5.75 Å². The van der Waals surface area contributed by atoms with Crippen LogP contribution in [0, 0.1) is 0 Å². The molecule has 0 aliphatic carbocycles. The molecule has 1 heterocycles. The minimum absolute atomic E-state index is 0.583. The Balaban J connectivity index is 2.35. The van der Waals surface area contributed by atoms with Crippen molar-refractivity contribution in [1.29, 1.82) is 0 Å². The van der Waals surface area contributed by atoms with Crippen molar-refractivity contribution in [1.82, 2.24) is 0 Å². The van der Waals surface area contributed by atoms with Crippen molar-refractivity contribution < 1.29 is 14.9 Å². The van der Waals surface area contributed by atoms with E-state index in [1.165, 1.54) is 0 Å². The smallest absolute Gasteiger partial charge is 0.157 e. The third-order valence-corrected chi connectivity index (χ3v) is 2.47. The first-order valence-electron chi connectivity index (χ1n) is 4.66. The summed E-state index contributed by atoms with van der Waals surface area (Å²) in [5, 5.41) is 19.7. The fourth-order valence-electron chi connectivity index (χ4n) is 1.73. The molecule has 1 aliphatic heterocycles. The molecule has 3 heteroatoms. The summed E-state index contributed by atoms with van der Waals surface area (Å²) in [7, 11) is 0. The van der Waals surface area contributed by atoms with Crippen LogP contribution in [0.3, 0.4) is 0 Å². The van der Waals surface area contributed by atoms with Gasteiger partial charge in [-0.05, 0) is 19.9 Å². The van der Waals surface area contributed by atoms with Gasteiger partial charge in [-0.3, -0.25) is 0 Å². The Kier molecular flexibility index (Phi) is 2.01. The van der Waals surface area contributed by atoms with Gasteiger partial charge in [0.1, 0.15) is 11.9 Å². The number of para-hydroxylation sites is 1. The molecule has 0 spiro atoms. The van der Waals surface area contributed by atoms with E-state index >= 15 is 0 Å². The number of aliphatic hydroxyl groups excluding tert-OH is 1. The number of rotatable bonds is 1. The van der Waals surface area contributed by atoms with Crippen LogP contribution in [0.1, 0.15) is 25.5 Å². The van der Waals surface area contributed by atoms with Gasteiger partial charge in [-0.1, -0.05) is 18.2 Å². The van der Waals surface area contributed by atoms with E-state index in [9.17, 15) is 10.2 Å². The summed E-state index contributed by atoms with van der Waals surface area (Å²) >= 11 is 0. The molecule has 0 bridgehead atoms. The van der Waals surface area contributed by atoms with E-state index in [1.54, 1.807) is 19.9 Å². The molecular weight excluding hydrogens is 180 g/mol. The molecule has 76 valence electrons. The zero-order valence-corrected chi connectivity index (χ0v) is 8.27. The Morgan fingerprint density at radius 2 is 1.93 bits per heavy atom. The maximum atomic E-state index is 9.89. The molecule has 0 aromatic heterocycles. The molecule has 2 N–H and O–H groups in total. The first-order chi connectivity index (χ1) is 6.50. The third kappa shape index (κ3) is 1.38. The minimum atomic E-state index is -1.04. The molecular formula is C11H14O3. The largest absolute Gasteiger partial charge is 0.484 e.